The number of rotatable bonds is 4. The van der Waals surface area contributed by atoms with Crippen LogP contribution in [-0.4, -0.2) is 31.1 Å². The van der Waals surface area contributed by atoms with Gasteiger partial charge in [0.25, 0.3) is 11.8 Å². The Balaban J connectivity index is 1.67. The van der Waals surface area contributed by atoms with Gasteiger partial charge in [-0.05, 0) is 31.9 Å². The Bertz CT molecular complexity index is 467. The number of hydrazine groups is 1. The van der Waals surface area contributed by atoms with Crippen LogP contribution in [0.1, 0.15) is 18.4 Å². The highest BCUT2D eigenvalue weighted by Crippen LogP contribution is 2.12. The fourth-order valence-electron chi connectivity index (χ4n) is 1.82. The highest BCUT2D eigenvalue weighted by Gasteiger charge is 2.23. The van der Waals surface area contributed by atoms with E-state index in [1.165, 1.54) is 0 Å². The molecule has 108 valence electrons. The van der Waals surface area contributed by atoms with Crippen molar-refractivity contribution in [3.63, 3.8) is 0 Å². The predicted molar refractivity (Wildman–Crippen MR) is 71.9 cm³/mol. The number of benzene rings is 1. The molecule has 0 saturated carbocycles. The van der Waals surface area contributed by atoms with Crippen LogP contribution < -0.4 is 15.6 Å². The summed E-state index contributed by atoms with van der Waals surface area (Å²) in [5.74, 6) is -0.140. The number of ether oxygens (including phenoxy) is 2. The molecule has 0 aliphatic carbocycles. The monoisotopic (exact) mass is 278 g/mol. The molecule has 1 saturated heterocycles. The lowest BCUT2D eigenvalue weighted by atomic mass is 10.2. The second-order valence-electron chi connectivity index (χ2n) is 4.64. The summed E-state index contributed by atoms with van der Waals surface area (Å²) in [6.07, 6.45) is 1.08. The third kappa shape index (κ3) is 4.24. The molecule has 1 heterocycles. The third-order valence-electron chi connectivity index (χ3n) is 2.94. The zero-order chi connectivity index (χ0) is 14.4. The Morgan fingerprint density at radius 1 is 1.30 bits per heavy atom. The van der Waals surface area contributed by atoms with Gasteiger partial charge >= 0.3 is 0 Å². The van der Waals surface area contributed by atoms with E-state index < -0.39 is 12.0 Å². The summed E-state index contributed by atoms with van der Waals surface area (Å²) in [6, 6.07) is 7.36. The maximum absolute atomic E-state index is 11.6. The second-order valence-corrected chi connectivity index (χ2v) is 4.64. The Hall–Kier alpha value is -2.08. The summed E-state index contributed by atoms with van der Waals surface area (Å²) in [6.45, 7) is 2.40. The highest BCUT2D eigenvalue weighted by atomic mass is 16.5. The quantitative estimate of drug-likeness (QED) is 0.795. The number of amides is 2. The lowest BCUT2D eigenvalue weighted by Crippen LogP contribution is -2.47. The van der Waals surface area contributed by atoms with E-state index in [9.17, 15) is 9.59 Å². The van der Waals surface area contributed by atoms with Crippen LogP contribution in [0.25, 0.3) is 0 Å². The summed E-state index contributed by atoms with van der Waals surface area (Å²) in [5, 5.41) is 0. The predicted octanol–water partition coefficient (Wildman–Crippen LogP) is 0.700. The molecule has 1 atom stereocenters. The molecule has 6 nitrogen and oxygen atoms in total. The van der Waals surface area contributed by atoms with Gasteiger partial charge in [-0.1, -0.05) is 17.7 Å². The van der Waals surface area contributed by atoms with Gasteiger partial charge < -0.3 is 9.47 Å². The van der Waals surface area contributed by atoms with Crippen LogP contribution in [0.2, 0.25) is 0 Å². The first-order chi connectivity index (χ1) is 9.65. The van der Waals surface area contributed by atoms with Gasteiger partial charge in [0.05, 0.1) is 0 Å². The van der Waals surface area contributed by atoms with Gasteiger partial charge in [0.2, 0.25) is 0 Å². The van der Waals surface area contributed by atoms with Gasteiger partial charge in [-0.15, -0.1) is 0 Å². The van der Waals surface area contributed by atoms with Crippen LogP contribution in [-0.2, 0) is 14.3 Å². The van der Waals surface area contributed by atoms with Crippen molar-refractivity contribution >= 4 is 11.8 Å². The van der Waals surface area contributed by atoms with E-state index >= 15 is 0 Å². The number of carbonyl (C=O) groups excluding carboxylic acids is 2. The number of hydrogen-bond donors (Lipinski definition) is 2. The van der Waals surface area contributed by atoms with E-state index in [-0.39, 0.29) is 12.5 Å². The standard InChI is InChI=1S/C14H18N2O4/c1-10-4-6-11(7-5-10)20-9-13(17)15-16-14(18)12-3-2-8-19-12/h4-7,12H,2-3,8-9H2,1H3,(H,15,17)(H,16,18). The summed E-state index contributed by atoms with van der Waals surface area (Å²) in [4.78, 5) is 23.1. The molecule has 1 aromatic rings. The fraction of sp³-hybridized carbons (Fsp3) is 0.429. The van der Waals surface area contributed by atoms with Crippen molar-refractivity contribution < 1.29 is 19.1 Å². The third-order valence-corrected chi connectivity index (χ3v) is 2.94. The van der Waals surface area contributed by atoms with Crippen molar-refractivity contribution in [3.05, 3.63) is 29.8 Å². The van der Waals surface area contributed by atoms with Gasteiger partial charge in [0, 0.05) is 6.61 Å². The summed E-state index contributed by atoms with van der Waals surface area (Å²) in [7, 11) is 0. The largest absolute Gasteiger partial charge is 0.484 e. The molecule has 6 heteroatoms. The molecule has 2 rings (SSSR count). The van der Waals surface area contributed by atoms with E-state index in [0.717, 1.165) is 12.0 Å². The molecule has 1 aliphatic heterocycles. The van der Waals surface area contributed by atoms with E-state index in [4.69, 9.17) is 9.47 Å². The first-order valence-electron chi connectivity index (χ1n) is 6.55. The van der Waals surface area contributed by atoms with Crippen molar-refractivity contribution in [2.24, 2.45) is 0 Å². The van der Waals surface area contributed by atoms with E-state index in [2.05, 4.69) is 10.9 Å². The average Bonchev–Trinajstić information content (AvgIpc) is 2.98. The van der Waals surface area contributed by atoms with Crippen LogP contribution >= 0.6 is 0 Å². The van der Waals surface area contributed by atoms with Crippen LogP contribution in [0.15, 0.2) is 24.3 Å². The zero-order valence-electron chi connectivity index (χ0n) is 11.3. The van der Waals surface area contributed by atoms with E-state index in [1.54, 1.807) is 12.1 Å². The fourth-order valence-corrected chi connectivity index (χ4v) is 1.82. The Morgan fingerprint density at radius 3 is 2.70 bits per heavy atom. The van der Waals surface area contributed by atoms with Crippen LogP contribution in [0.4, 0.5) is 0 Å². The topological polar surface area (TPSA) is 76.7 Å². The normalized spacial score (nSPS) is 17.6. The zero-order valence-corrected chi connectivity index (χ0v) is 11.3. The lowest BCUT2D eigenvalue weighted by molar-refractivity contribution is -0.135. The van der Waals surface area contributed by atoms with Gasteiger partial charge in [0.1, 0.15) is 11.9 Å². The van der Waals surface area contributed by atoms with Crippen molar-refractivity contribution in [1.82, 2.24) is 10.9 Å². The number of nitrogens with one attached hydrogen (secondary N) is 2. The van der Waals surface area contributed by atoms with Crippen LogP contribution in [0.3, 0.4) is 0 Å². The minimum atomic E-state index is -0.465. The molecule has 2 N–H and O–H groups in total. The van der Waals surface area contributed by atoms with Gasteiger partial charge in [0.15, 0.2) is 6.61 Å². The van der Waals surface area contributed by atoms with Gasteiger partial charge in [-0.3, -0.25) is 20.4 Å². The molecule has 0 bridgehead atoms. The number of aryl methyl sites for hydroxylation is 1. The minimum Gasteiger partial charge on any atom is -0.484 e. The lowest BCUT2D eigenvalue weighted by Gasteiger charge is -2.11. The van der Waals surface area contributed by atoms with E-state index in [1.807, 2.05) is 19.1 Å². The maximum Gasteiger partial charge on any atom is 0.276 e. The molecular weight excluding hydrogens is 260 g/mol. The smallest absolute Gasteiger partial charge is 0.276 e. The molecule has 0 spiro atoms. The molecule has 1 aliphatic rings. The van der Waals surface area contributed by atoms with Crippen molar-refractivity contribution in [1.29, 1.82) is 0 Å². The van der Waals surface area contributed by atoms with Crippen molar-refractivity contribution in [2.75, 3.05) is 13.2 Å². The molecule has 1 fully saturated rings. The highest BCUT2D eigenvalue weighted by molar-refractivity contribution is 5.85. The van der Waals surface area contributed by atoms with Crippen molar-refractivity contribution in [3.8, 4) is 5.75 Å². The Labute approximate surface area is 117 Å². The minimum absolute atomic E-state index is 0.158. The van der Waals surface area contributed by atoms with E-state index in [0.29, 0.717) is 18.8 Å². The molecule has 20 heavy (non-hydrogen) atoms. The SMILES string of the molecule is Cc1ccc(OCC(=O)NNC(=O)C2CCCO2)cc1. The molecule has 0 aromatic heterocycles. The van der Waals surface area contributed by atoms with Gasteiger partial charge in [-0.25, -0.2) is 0 Å². The first kappa shape index (κ1) is 14.3. The molecule has 1 unspecified atom stereocenters. The summed E-state index contributed by atoms with van der Waals surface area (Å²) in [5.41, 5.74) is 5.74. The number of hydrogen-bond acceptors (Lipinski definition) is 4. The van der Waals surface area contributed by atoms with Crippen molar-refractivity contribution in [2.45, 2.75) is 25.9 Å². The maximum atomic E-state index is 11.6. The summed E-state index contributed by atoms with van der Waals surface area (Å²) < 4.78 is 10.5. The number of carbonyl (C=O) groups is 2. The summed E-state index contributed by atoms with van der Waals surface area (Å²) >= 11 is 0. The second kappa shape index (κ2) is 6.91. The van der Waals surface area contributed by atoms with Crippen LogP contribution in [0.5, 0.6) is 5.75 Å². The molecule has 0 radical (unpaired) electrons. The molecule has 1 aromatic carbocycles. The molecular formula is C14H18N2O4. The van der Waals surface area contributed by atoms with Crippen LogP contribution in [0, 0.1) is 6.92 Å². The average molecular weight is 278 g/mol. The molecule has 2 amide bonds. The Morgan fingerprint density at radius 2 is 2.05 bits per heavy atom. The first-order valence-corrected chi connectivity index (χ1v) is 6.55. The Kier molecular flexibility index (Phi) is 4.95. The van der Waals surface area contributed by atoms with Gasteiger partial charge in [-0.2, -0.15) is 0 Å².